The number of aryl methyl sites for hydroxylation is 2. The van der Waals surface area contributed by atoms with Crippen molar-refractivity contribution in [2.45, 2.75) is 40.0 Å². The molecule has 0 atom stereocenters. The van der Waals surface area contributed by atoms with Crippen LogP contribution in [-0.4, -0.2) is 19.9 Å². The minimum atomic E-state index is -0.344. The third-order valence-electron chi connectivity index (χ3n) is 21.8. The Morgan fingerprint density at radius 3 is 1.61 bits per heavy atom. The number of pyridine rings is 6. The molecular formula is C115H89Ir2N10S+2. The topological polar surface area (TPSA) is 73.6 Å². The Balaban J connectivity index is 0.000000113. The van der Waals surface area contributed by atoms with Crippen molar-refractivity contribution < 1.29 is 68.1 Å². The van der Waals surface area contributed by atoms with Gasteiger partial charge in [0.05, 0.1) is 38.0 Å². The minimum absolute atomic E-state index is 0. The molecule has 20 aromatic rings. The van der Waals surface area contributed by atoms with Crippen LogP contribution in [0.4, 0.5) is 11.4 Å². The third-order valence-corrected chi connectivity index (χ3v) is 23.0. The number of fused-ring (bicyclic) bond motifs is 16. The molecule has 5 aliphatic heterocycles. The molecule has 128 heavy (non-hydrogen) atoms. The number of rotatable bonds is 7. The van der Waals surface area contributed by atoms with Crippen molar-refractivity contribution in [3.63, 3.8) is 0 Å². The summed E-state index contributed by atoms with van der Waals surface area (Å²) in [6.45, 7) is 9.33. The van der Waals surface area contributed by atoms with Gasteiger partial charge in [0.25, 0.3) is 0 Å². The second kappa shape index (κ2) is 42.4. The molecule has 0 bridgehead atoms. The zero-order valence-corrected chi connectivity index (χ0v) is 75.7. The smallest absolute Gasteiger partial charge is 0.500 e. The average Bonchev–Trinajstić information content (AvgIpc) is 1.59. The largest absolute Gasteiger partial charge is 3.00 e. The fraction of sp³-hybridized carbons (Fsp3) is 0.0522. The maximum absolute atomic E-state index is 7.97. The van der Waals surface area contributed by atoms with E-state index < -0.39 is 0 Å². The van der Waals surface area contributed by atoms with E-state index in [0.717, 1.165) is 76.3 Å². The summed E-state index contributed by atoms with van der Waals surface area (Å²) in [7, 11) is 0. The number of nitrogens with zero attached hydrogens (tertiary/aromatic N) is 10. The van der Waals surface area contributed by atoms with Gasteiger partial charge in [-0.3, -0.25) is 0 Å². The minimum Gasteiger partial charge on any atom is -0.500 e. The molecule has 0 saturated carbocycles. The van der Waals surface area contributed by atoms with Crippen LogP contribution in [0.5, 0.6) is 0 Å². The Kier molecular flexibility index (Phi) is 25.9. The number of anilines is 2. The van der Waals surface area contributed by atoms with E-state index in [0.29, 0.717) is 5.56 Å². The maximum atomic E-state index is 7.97. The molecule has 13 heteroatoms. The van der Waals surface area contributed by atoms with Gasteiger partial charge in [-0.15, -0.1) is 131 Å². The first-order valence-corrected chi connectivity index (χ1v) is 42.6. The van der Waals surface area contributed by atoms with Gasteiger partial charge in [-0.05, 0) is 130 Å². The van der Waals surface area contributed by atoms with Crippen molar-refractivity contribution in [3.05, 3.63) is 514 Å². The molecule has 0 aliphatic carbocycles. The number of hydrogen-bond acceptors (Lipinski definition) is 7. The van der Waals surface area contributed by atoms with E-state index in [1.165, 1.54) is 99.0 Å². The molecule has 10 nitrogen and oxygen atoms in total. The van der Waals surface area contributed by atoms with Gasteiger partial charge in [0.15, 0.2) is 43.9 Å². The molecule has 0 saturated heterocycles. The molecule has 13 heterocycles. The van der Waals surface area contributed by atoms with E-state index in [-0.39, 0.29) is 100 Å². The SMILES string of the molecule is Cc1cc(-c2[c-]cccc2)ncc1-c1ccccc1.Cc1cc[n+]2c(n1)-c1ccccc1C2.[2H]c1c[n+]2c(c([2H])c1[2H])-c1c([2H])c([2H])c([2H])c([2H])c1C2.[Ir+3].[Ir].[c-]1ccccc1-c1ccccn1.[c-]1ccccc1-c1ccccn1.[c-]1ccccc1N1C=CN(c2ccccc2)[CH-]1.c1cc[n+]2c(c1)-c1c(ccc3c1sc1ccccc13)C2.c1ccc(-c2ccc3c(c2)-c2cccc[n+]2C3)cc1. The summed E-state index contributed by atoms with van der Waals surface area (Å²) in [5, 5.41) is 2.77. The Morgan fingerprint density at radius 2 is 0.930 bits per heavy atom. The first kappa shape index (κ1) is 78.2. The van der Waals surface area contributed by atoms with Gasteiger partial charge < -0.3 is 24.8 Å². The maximum Gasteiger partial charge on any atom is 3.00 e. The summed E-state index contributed by atoms with van der Waals surface area (Å²) < 4.78 is 65.7. The Morgan fingerprint density at radius 1 is 0.375 bits per heavy atom. The third kappa shape index (κ3) is 20.7. The van der Waals surface area contributed by atoms with Crippen LogP contribution in [-0.2, 0) is 66.4 Å². The summed E-state index contributed by atoms with van der Waals surface area (Å²) in [5.74, 6) is 1.10. The molecular weight excluding hydrogens is 1940 g/mol. The Labute approximate surface area is 790 Å². The molecule has 1 radical (unpaired) electrons. The second-order valence-electron chi connectivity index (χ2n) is 30.1. The monoisotopic (exact) mass is 2030 g/mol. The summed E-state index contributed by atoms with van der Waals surface area (Å²) in [4.78, 5) is 21.7. The Bertz CT molecular complexity index is 7340. The standard InChI is InChI=1S/C18H12NS.2C18H14N.C15H12N2.C12H11N2.C12H10N.2C11H8N.2Ir/c1-2-7-16-13(5-1)14-9-8-12-11-19-10-4-3-6-15(19)17(12)18(14)20-16;1-2-6-14(7-3-1)15-9-10-16-13-19-11-5-4-8-18(19)17(16)12-15;1-14-12-18(16-10-6-3-7-11-16)19-13-17(14)15-8-4-2-5-9-15;1-3-7-14(8-4-1)16-11-12-17(13-16)15-9-5-2-6-10-15;1-9-6-7-14-8-10-4-2-3-5-11(10)12(14)13-9;1-2-6-11-10(5-1)9-13-8-4-3-7-12(11)13;2*1-2-6-10(7-3-1)11-8-4-5-9-12-11;;/h1-10H,11H2;1-12H,13H2;2-10,12-13H,1H3;1-9,11-13H;2-7H,8H2,1H3;1-8H,9H2;2*1-6,8-9H;;/q2*+1;-1;-2;2*+1;2*-1;;+3/i;;;;;1D,2D,3D,4D,5D,6D,7D;;;;. The van der Waals surface area contributed by atoms with E-state index in [1.807, 2.05) is 218 Å². The molecule has 0 amide bonds. The quantitative estimate of drug-likeness (QED) is 0.117. The molecule has 12 aromatic carbocycles. The van der Waals surface area contributed by atoms with Gasteiger partial charge in [-0.25, -0.2) is 4.57 Å². The summed E-state index contributed by atoms with van der Waals surface area (Å²) in [5.41, 5.74) is 27.4. The normalized spacial score (nSPS) is 12.4. The second-order valence-corrected chi connectivity index (χ2v) is 31.1. The van der Waals surface area contributed by atoms with E-state index in [1.54, 1.807) is 17.0 Å². The Hall–Kier alpha value is -14.5. The molecule has 5 aliphatic rings. The van der Waals surface area contributed by atoms with E-state index >= 15 is 0 Å². The average molecular weight is 2030 g/mol. The fourth-order valence-corrected chi connectivity index (χ4v) is 16.9. The van der Waals surface area contributed by atoms with E-state index in [9.17, 15) is 0 Å². The van der Waals surface area contributed by atoms with E-state index in [2.05, 4.69) is 270 Å². The number of benzene rings is 12. The van der Waals surface area contributed by atoms with Crippen molar-refractivity contribution in [1.29, 1.82) is 0 Å². The van der Waals surface area contributed by atoms with Crippen molar-refractivity contribution in [3.8, 4) is 101 Å². The van der Waals surface area contributed by atoms with Crippen LogP contribution in [0.15, 0.2) is 450 Å². The number of thiophene rings is 1. The number of para-hydroxylation sites is 2. The van der Waals surface area contributed by atoms with Gasteiger partial charge in [0, 0.05) is 142 Å². The van der Waals surface area contributed by atoms with Crippen LogP contribution in [0.25, 0.3) is 121 Å². The summed E-state index contributed by atoms with van der Waals surface area (Å²) >= 11 is 1.92. The van der Waals surface area contributed by atoms with Gasteiger partial charge in [0.1, 0.15) is 6.54 Å². The van der Waals surface area contributed by atoms with Crippen molar-refractivity contribution in [1.82, 2.24) is 19.9 Å². The molecule has 621 valence electrons. The molecule has 0 unspecified atom stereocenters. The predicted octanol–water partition coefficient (Wildman–Crippen LogP) is 24.8. The van der Waals surface area contributed by atoms with Gasteiger partial charge in [0.2, 0.25) is 17.1 Å². The first-order valence-electron chi connectivity index (χ1n) is 45.2. The molecule has 0 fully saturated rings. The molecule has 0 spiro atoms. The van der Waals surface area contributed by atoms with E-state index in [4.69, 9.17) is 9.60 Å². The zero-order valence-electron chi connectivity index (χ0n) is 77.1. The molecule has 0 N–H and O–H groups in total. The van der Waals surface area contributed by atoms with Gasteiger partial charge in [-0.1, -0.05) is 188 Å². The summed E-state index contributed by atoms with van der Waals surface area (Å²) in [6.07, 6.45) is 17.4. The van der Waals surface area contributed by atoms with Gasteiger partial charge >= 0.3 is 25.9 Å². The first-order chi connectivity index (χ1) is 65.2. The van der Waals surface area contributed by atoms with Crippen molar-refractivity contribution in [2.75, 3.05) is 9.80 Å². The number of hydrogen-bond donors (Lipinski definition) is 0. The fourth-order valence-electron chi connectivity index (χ4n) is 15.6. The summed E-state index contributed by atoms with van der Waals surface area (Å²) in [6, 6.07) is 131. The molecule has 8 aromatic heterocycles. The van der Waals surface area contributed by atoms with Crippen LogP contribution in [0.1, 0.15) is 43.1 Å². The zero-order chi connectivity index (χ0) is 91.1. The van der Waals surface area contributed by atoms with Crippen LogP contribution in [0.2, 0.25) is 0 Å². The van der Waals surface area contributed by atoms with Crippen LogP contribution in [0.3, 0.4) is 0 Å². The van der Waals surface area contributed by atoms with Gasteiger partial charge in [-0.2, -0.15) is 44.0 Å². The van der Waals surface area contributed by atoms with Crippen LogP contribution in [0, 0.1) is 44.8 Å². The number of aromatic nitrogens is 8. The van der Waals surface area contributed by atoms with Crippen LogP contribution < -0.4 is 28.1 Å². The van der Waals surface area contributed by atoms with Crippen molar-refractivity contribution >= 4 is 42.9 Å². The van der Waals surface area contributed by atoms with Crippen molar-refractivity contribution in [2.24, 2.45) is 0 Å². The molecule has 25 rings (SSSR count). The predicted molar refractivity (Wildman–Crippen MR) is 511 cm³/mol. The van der Waals surface area contributed by atoms with Crippen LogP contribution >= 0.6 is 11.3 Å².